The Morgan fingerprint density at radius 3 is 2.60 bits per heavy atom. The number of nitrogens with zero attached hydrogens (tertiary/aromatic N) is 5. The predicted octanol–water partition coefficient (Wildman–Crippen LogP) is 1.68. The first kappa shape index (κ1) is 14.3. The van der Waals surface area contributed by atoms with E-state index in [0.717, 1.165) is 24.4 Å². The van der Waals surface area contributed by atoms with Crippen molar-refractivity contribution in [2.45, 2.75) is 40.2 Å². The van der Waals surface area contributed by atoms with Crippen LogP contribution in [0.2, 0.25) is 0 Å². The van der Waals surface area contributed by atoms with Crippen molar-refractivity contribution < 1.29 is 4.42 Å². The predicted molar refractivity (Wildman–Crippen MR) is 73.6 cm³/mol. The van der Waals surface area contributed by atoms with E-state index in [-0.39, 0.29) is 12.1 Å². The molecule has 2 heterocycles. The molecule has 2 rings (SSSR count). The highest BCUT2D eigenvalue weighted by Gasteiger charge is 2.14. The lowest BCUT2D eigenvalue weighted by Crippen LogP contribution is -2.19. The molecule has 2 aromatic rings. The molecule has 0 spiro atoms. The van der Waals surface area contributed by atoms with Crippen molar-refractivity contribution in [3.8, 4) is 0 Å². The number of hydrogen-bond acceptors (Lipinski definition) is 8. The minimum atomic E-state index is 0.0109. The zero-order chi connectivity index (χ0) is 14.5. The van der Waals surface area contributed by atoms with Crippen LogP contribution in [0.5, 0.6) is 0 Å². The third-order valence-electron chi connectivity index (χ3n) is 2.82. The molecule has 108 valence electrons. The van der Waals surface area contributed by atoms with Crippen LogP contribution in [0.25, 0.3) is 0 Å². The van der Waals surface area contributed by atoms with Gasteiger partial charge in [0.1, 0.15) is 0 Å². The van der Waals surface area contributed by atoms with Crippen LogP contribution >= 0.6 is 0 Å². The molecular weight excluding hydrogens is 258 g/mol. The average molecular weight is 277 g/mol. The molecule has 0 aromatic carbocycles. The number of hydrogen-bond donors (Lipinski definition) is 2. The quantitative estimate of drug-likeness (QED) is 0.822. The number of nitrogens with one attached hydrogen (secondary N) is 2. The lowest BCUT2D eigenvalue weighted by molar-refractivity contribution is 0.424. The molecule has 0 saturated heterocycles. The van der Waals surface area contributed by atoms with E-state index in [1.807, 2.05) is 20.8 Å². The molecule has 8 heteroatoms. The minimum absolute atomic E-state index is 0.0109. The molecule has 0 amide bonds. The number of rotatable bonds is 6. The van der Waals surface area contributed by atoms with Crippen LogP contribution in [-0.4, -0.2) is 31.9 Å². The smallest absolute Gasteiger partial charge is 0.322 e. The Morgan fingerprint density at radius 2 is 1.90 bits per heavy atom. The van der Waals surface area contributed by atoms with Crippen LogP contribution in [-0.2, 0) is 0 Å². The van der Waals surface area contributed by atoms with Gasteiger partial charge in [0, 0.05) is 0 Å². The van der Waals surface area contributed by atoms with Crippen LogP contribution in [0.4, 0.5) is 12.0 Å². The van der Waals surface area contributed by atoms with E-state index in [2.05, 4.69) is 42.9 Å². The first-order chi connectivity index (χ1) is 9.60. The lowest BCUT2D eigenvalue weighted by Gasteiger charge is -2.07. The van der Waals surface area contributed by atoms with Crippen LogP contribution in [0.1, 0.15) is 43.6 Å². The molecule has 0 radical (unpaired) electrons. The molecule has 8 nitrogen and oxygen atoms in total. The van der Waals surface area contributed by atoms with Crippen LogP contribution < -0.4 is 10.6 Å². The van der Waals surface area contributed by atoms with E-state index in [1.54, 1.807) is 0 Å². The molecule has 1 atom stereocenters. The van der Waals surface area contributed by atoms with Gasteiger partial charge in [-0.1, -0.05) is 12.0 Å². The van der Waals surface area contributed by atoms with E-state index < -0.39 is 0 Å². The van der Waals surface area contributed by atoms with E-state index in [4.69, 9.17) is 4.42 Å². The molecule has 20 heavy (non-hydrogen) atoms. The summed E-state index contributed by atoms with van der Waals surface area (Å²) in [5.41, 5.74) is 1.60. The Hall–Kier alpha value is -2.09. The highest BCUT2D eigenvalue weighted by atomic mass is 16.4. The van der Waals surface area contributed by atoms with Crippen molar-refractivity contribution in [2.24, 2.45) is 0 Å². The topological polar surface area (TPSA) is 102 Å². The van der Waals surface area contributed by atoms with Gasteiger partial charge in [0.05, 0.1) is 17.4 Å². The van der Waals surface area contributed by atoms with Crippen molar-refractivity contribution in [3.63, 3.8) is 0 Å². The van der Waals surface area contributed by atoms with Gasteiger partial charge in [-0.3, -0.25) is 5.32 Å². The van der Waals surface area contributed by atoms with Gasteiger partial charge in [0.2, 0.25) is 5.89 Å². The van der Waals surface area contributed by atoms with Crippen LogP contribution in [0.15, 0.2) is 4.42 Å². The third-order valence-corrected chi connectivity index (χ3v) is 2.82. The second-order valence-corrected chi connectivity index (χ2v) is 4.55. The molecule has 0 fully saturated rings. The highest BCUT2D eigenvalue weighted by Crippen LogP contribution is 2.16. The number of aryl methyl sites for hydroxylation is 2. The SMILES string of the molecule is CCCNC(C)c1nnc(Nc2nnc(C)c(C)n2)o1. The van der Waals surface area contributed by atoms with Gasteiger partial charge in [-0.2, -0.15) is 5.10 Å². The maximum Gasteiger partial charge on any atom is 0.322 e. The number of aromatic nitrogens is 5. The van der Waals surface area contributed by atoms with Gasteiger partial charge in [-0.25, -0.2) is 4.98 Å². The molecule has 0 aliphatic rings. The summed E-state index contributed by atoms with van der Waals surface area (Å²) in [5.74, 6) is 0.871. The molecule has 0 aliphatic heterocycles. The monoisotopic (exact) mass is 277 g/mol. The summed E-state index contributed by atoms with van der Waals surface area (Å²) in [5, 5.41) is 21.9. The Balaban J connectivity index is 2.03. The fraction of sp³-hybridized carbons (Fsp3) is 0.583. The van der Waals surface area contributed by atoms with E-state index in [1.165, 1.54) is 0 Å². The summed E-state index contributed by atoms with van der Waals surface area (Å²) in [6.45, 7) is 8.69. The lowest BCUT2D eigenvalue weighted by atomic mass is 10.3. The zero-order valence-electron chi connectivity index (χ0n) is 12.1. The van der Waals surface area contributed by atoms with E-state index in [9.17, 15) is 0 Å². The normalized spacial score (nSPS) is 12.4. The highest BCUT2D eigenvalue weighted by molar-refractivity contribution is 5.38. The summed E-state index contributed by atoms with van der Waals surface area (Å²) in [6.07, 6.45) is 1.05. The first-order valence-corrected chi connectivity index (χ1v) is 6.62. The Morgan fingerprint density at radius 1 is 1.10 bits per heavy atom. The first-order valence-electron chi connectivity index (χ1n) is 6.62. The van der Waals surface area contributed by atoms with Crippen LogP contribution in [0.3, 0.4) is 0 Å². The third kappa shape index (κ3) is 3.47. The van der Waals surface area contributed by atoms with Gasteiger partial charge < -0.3 is 9.73 Å². The molecular formula is C12H19N7O. The second-order valence-electron chi connectivity index (χ2n) is 4.55. The van der Waals surface area contributed by atoms with Crippen LogP contribution in [0, 0.1) is 13.8 Å². The van der Waals surface area contributed by atoms with Crippen molar-refractivity contribution in [3.05, 3.63) is 17.3 Å². The maximum absolute atomic E-state index is 5.51. The van der Waals surface area contributed by atoms with Crippen molar-refractivity contribution >= 4 is 12.0 Å². The van der Waals surface area contributed by atoms with E-state index >= 15 is 0 Å². The zero-order valence-corrected chi connectivity index (χ0v) is 12.1. The summed E-state index contributed by atoms with van der Waals surface area (Å²) in [6, 6.07) is 0.270. The molecule has 2 aromatic heterocycles. The molecule has 0 bridgehead atoms. The molecule has 0 aliphatic carbocycles. The molecule has 2 N–H and O–H groups in total. The van der Waals surface area contributed by atoms with Gasteiger partial charge in [0.15, 0.2) is 0 Å². The summed E-state index contributed by atoms with van der Waals surface area (Å²) < 4.78 is 5.51. The summed E-state index contributed by atoms with van der Waals surface area (Å²) in [7, 11) is 0. The van der Waals surface area contributed by atoms with Gasteiger partial charge >= 0.3 is 6.01 Å². The van der Waals surface area contributed by atoms with E-state index in [0.29, 0.717) is 11.8 Å². The fourth-order valence-corrected chi connectivity index (χ4v) is 1.51. The summed E-state index contributed by atoms with van der Waals surface area (Å²) in [4.78, 5) is 4.24. The Bertz CT molecular complexity index is 569. The van der Waals surface area contributed by atoms with Crippen molar-refractivity contribution in [1.29, 1.82) is 0 Å². The second kappa shape index (κ2) is 6.38. The van der Waals surface area contributed by atoms with Gasteiger partial charge in [-0.15, -0.1) is 10.2 Å². The fourth-order valence-electron chi connectivity index (χ4n) is 1.51. The summed E-state index contributed by atoms with van der Waals surface area (Å²) >= 11 is 0. The Labute approximate surface area is 117 Å². The standard InChI is InChI=1S/C12H19N7O/c1-5-6-13-9(4)10-17-19-12(20-10)15-11-14-7(2)8(3)16-18-11/h9,13H,5-6H2,1-4H3,(H,14,15,18,19). The van der Waals surface area contributed by atoms with Gasteiger partial charge in [-0.05, 0) is 33.7 Å². The Kier molecular flexibility index (Phi) is 4.57. The van der Waals surface area contributed by atoms with Crippen molar-refractivity contribution in [2.75, 3.05) is 11.9 Å². The minimum Gasteiger partial charge on any atom is -0.406 e. The van der Waals surface area contributed by atoms with Crippen molar-refractivity contribution in [1.82, 2.24) is 30.7 Å². The largest absolute Gasteiger partial charge is 0.406 e. The maximum atomic E-state index is 5.51. The average Bonchev–Trinajstić information content (AvgIpc) is 2.89. The number of anilines is 2. The molecule has 0 saturated carbocycles. The molecule has 1 unspecified atom stereocenters. The van der Waals surface area contributed by atoms with Gasteiger partial charge in [0.25, 0.3) is 5.95 Å².